The van der Waals surface area contributed by atoms with Crippen molar-refractivity contribution in [3.63, 3.8) is 0 Å². The molecule has 0 bridgehead atoms. The number of aromatic amines is 1. The standard InChI is InChI=1S/C30H31N7O2/c1-20-19-39-14-13-36(20)27-16-26(22-4-5-25-23(15-22)6-10-32-25)34-37-28(18-33-29(27)37)21-7-11-35(12-8-21)30(38)24-3-2-9-31-17-24/h2-6,9-10,15-18,20-21,32H,7-8,11-14,19H2,1H3/t20-/m0/s1. The first-order chi connectivity index (χ1) is 19.2. The van der Waals surface area contributed by atoms with Crippen molar-refractivity contribution in [3.05, 3.63) is 78.5 Å². The summed E-state index contributed by atoms with van der Waals surface area (Å²) in [4.78, 5) is 29.6. The van der Waals surface area contributed by atoms with Gasteiger partial charge in [-0.2, -0.15) is 5.10 Å². The van der Waals surface area contributed by atoms with Crippen LogP contribution in [0.25, 0.3) is 27.8 Å². The average Bonchev–Trinajstić information content (AvgIpc) is 3.64. The van der Waals surface area contributed by atoms with E-state index in [1.165, 1.54) is 0 Å². The van der Waals surface area contributed by atoms with Gasteiger partial charge in [0.25, 0.3) is 5.91 Å². The molecule has 2 aliphatic rings. The largest absolute Gasteiger partial charge is 0.377 e. The SMILES string of the molecule is C[C@H]1COCCN1c1cc(-c2ccc3[nH]ccc3c2)nn2c(C3CCN(C(=O)c4cccnc4)CC3)cnc12. The number of carbonyl (C=O) groups excluding carboxylic acids is 1. The van der Waals surface area contributed by atoms with Crippen LogP contribution in [0.3, 0.4) is 0 Å². The van der Waals surface area contributed by atoms with Crippen molar-refractivity contribution in [1.82, 2.24) is 29.5 Å². The second kappa shape index (κ2) is 9.81. The van der Waals surface area contributed by atoms with Crippen molar-refractivity contribution in [2.24, 2.45) is 0 Å². The maximum atomic E-state index is 13.0. The molecule has 0 aliphatic carbocycles. The molecule has 0 saturated carbocycles. The lowest BCUT2D eigenvalue weighted by Crippen LogP contribution is -2.44. The summed E-state index contributed by atoms with van der Waals surface area (Å²) in [7, 11) is 0. The lowest BCUT2D eigenvalue weighted by molar-refractivity contribution is 0.0711. The minimum Gasteiger partial charge on any atom is -0.377 e. The van der Waals surface area contributed by atoms with Crippen LogP contribution in [0.1, 0.15) is 41.7 Å². The number of piperidine rings is 1. The fourth-order valence-electron chi connectivity index (χ4n) is 5.95. The maximum Gasteiger partial charge on any atom is 0.255 e. The normalized spacial score (nSPS) is 18.7. The van der Waals surface area contributed by atoms with Crippen LogP contribution >= 0.6 is 0 Å². The highest BCUT2D eigenvalue weighted by atomic mass is 16.5. The van der Waals surface area contributed by atoms with Crippen LogP contribution in [0.15, 0.2) is 67.3 Å². The first kappa shape index (κ1) is 23.8. The Bertz CT molecular complexity index is 1640. The third-order valence-electron chi connectivity index (χ3n) is 8.11. The van der Waals surface area contributed by atoms with E-state index in [0.29, 0.717) is 31.9 Å². The van der Waals surface area contributed by atoms with Gasteiger partial charge in [0.15, 0.2) is 5.65 Å². The van der Waals surface area contributed by atoms with Crippen molar-refractivity contribution in [2.45, 2.75) is 31.7 Å². The number of anilines is 1. The molecule has 2 saturated heterocycles. The minimum absolute atomic E-state index is 0.0452. The van der Waals surface area contributed by atoms with Crippen LogP contribution in [0.5, 0.6) is 0 Å². The molecule has 1 atom stereocenters. The Labute approximate surface area is 226 Å². The summed E-state index contributed by atoms with van der Waals surface area (Å²) in [6, 6.07) is 14.6. The molecule has 7 rings (SSSR count). The van der Waals surface area contributed by atoms with Crippen molar-refractivity contribution >= 4 is 28.1 Å². The van der Waals surface area contributed by atoms with Gasteiger partial charge in [0.1, 0.15) is 0 Å². The molecule has 1 aromatic carbocycles. The van der Waals surface area contributed by atoms with Crippen molar-refractivity contribution in [3.8, 4) is 11.3 Å². The predicted molar refractivity (Wildman–Crippen MR) is 150 cm³/mol. The van der Waals surface area contributed by atoms with Crippen molar-refractivity contribution in [2.75, 3.05) is 37.7 Å². The maximum absolute atomic E-state index is 13.0. The van der Waals surface area contributed by atoms with E-state index in [-0.39, 0.29) is 17.9 Å². The molecule has 9 heteroatoms. The molecule has 0 spiro atoms. The zero-order valence-electron chi connectivity index (χ0n) is 22.0. The van der Waals surface area contributed by atoms with Gasteiger partial charge < -0.3 is 19.5 Å². The second-order valence-corrected chi connectivity index (χ2v) is 10.5. The van der Waals surface area contributed by atoms with E-state index in [9.17, 15) is 4.79 Å². The molecule has 1 amide bonds. The van der Waals surface area contributed by atoms with Crippen LogP contribution in [0, 0.1) is 0 Å². The monoisotopic (exact) mass is 521 g/mol. The summed E-state index contributed by atoms with van der Waals surface area (Å²) in [6.07, 6.45) is 9.01. The number of pyridine rings is 1. The van der Waals surface area contributed by atoms with Crippen molar-refractivity contribution in [1.29, 1.82) is 0 Å². The lowest BCUT2D eigenvalue weighted by atomic mass is 9.93. The summed E-state index contributed by atoms with van der Waals surface area (Å²) < 4.78 is 7.79. The number of imidazole rings is 1. The summed E-state index contributed by atoms with van der Waals surface area (Å²) in [5, 5.41) is 6.31. The third kappa shape index (κ3) is 4.32. The Morgan fingerprint density at radius 2 is 1.97 bits per heavy atom. The summed E-state index contributed by atoms with van der Waals surface area (Å²) >= 11 is 0. The molecule has 2 fully saturated rings. The molecular weight excluding hydrogens is 490 g/mol. The number of nitrogens with one attached hydrogen (secondary N) is 1. The molecule has 4 aromatic heterocycles. The van der Waals surface area contributed by atoms with E-state index in [4.69, 9.17) is 14.8 Å². The van der Waals surface area contributed by atoms with Gasteiger partial charge >= 0.3 is 0 Å². The number of amides is 1. The molecule has 2 aliphatic heterocycles. The van der Waals surface area contributed by atoms with Crippen LogP contribution in [-0.2, 0) is 4.74 Å². The lowest BCUT2D eigenvalue weighted by Gasteiger charge is -2.35. The molecular formula is C30H31N7O2. The molecule has 0 unspecified atom stereocenters. The molecule has 198 valence electrons. The first-order valence-electron chi connectivity index (χ1n) is 13.7. The second-order valence-electron chi connectivity index (χ2n) is 10.5. The molecule has 5 aromatic rings. The number of carbonyl (C=O) groups is 1. The van der Waals surface area contributed by atoms with E-state index in [2.05, 4.69) is 56.6 Å². The minimum atomic E-state index is 0.0452. The third-order valence-corrected chi connectivity index (χ3v) is 8.11. The fraction of sp³-hybridized carbons (Fsp3) is 0.333. The number of benzene rings is 1. The van der Waals surface area contributed by atoms with Gasteiger partial charge in [0.2, 0.25) is 0 Å². The molecule has 1 N–H and O–H groups in total. The first-order valence-corrected chi connectivity index (χ1v) is 13.7. The van der Waals surface area contributed by atoms with Crippen LogP contribution in [0.2, 0.25) is 0 Å². The Hall–Kier alpha value is -4.24. The Morgan fingerprint density at radius 1 is 1.08 bits per heavy atom. The van der Waals surface area contributed by atoms with Gasteiger partial charge in [-0.05, 0) is 56.2 Å². The zero-order chi connectivity index (χ0) is 26.3. The summed E-state index contributed by atoms with van der Waals surface area (Å²) in [6.45, 7) is 5.79. The Balaban J connectivity index is 1.25. The Morgan fingerprint density at radius 3 is 2.79 bits per heavy atom. The van der Waals surface area contributed by atoms with Gasteiger partial charge in [-0.1, -0.05) is 6.07 Å². The van der Waals surface area contributed by atoms with E-state index >= 15 is 0 Å². The van der Waals surface area contributed by atoms with Crippen molar-refractivity contribution < 1.29 is 9.53 Å². The number of nitrogens with zero attached hydrogens (tertiary/aromatic N) is 6. The van der Waals surface area contributed by atoms with Crippen LogP contribution in [0.4, 0.5) is 5.69 Å². The molecule has 39 heavy (non-hydrogen) atoms. The molecule has 9 nitrogen and oxygen atoms in total. The van der Waals surface area contributed by atoms with E-state index in [0.717, 1.165) is 58.6 Å². The Kier molecular flexibility index (Phi) is 6.00. The number of H-pyrrole nitrogens is 1. The van der Waals surface area contributed by atoms with E-state index in [1.54, 1.807) is 12.4 Å². The topological polar surface area (TPSA) is 91.7 Å². The number of ether oxygens (including phenoxy) is 1. The quantitative estimate of drug-likeness (QED) is 0.374. The van der Waals surface area contributed by atoms with E-state index < -0.39 is 0 Å². The number of aromatic nitrogens is 5. The summed E-state index contributed by atoms with van der Waals surface area (Å²) in [5.41, 5.74) is 6.80. The van der Waals surface area contributed by atoms with Crippen LogP contribution < -0.4 is 4.90 Å². The van der Waals surface area contributed by atoms with Gasteiger partial charge in [-0.25, -0.2) is 9.50 Å². The molecule has 0 radical (unpaired) electrons. The average molecular weight is 522 g/mol. The van der Waals surface area contributed by atoms with E-state index in [1.807, 2.05) is 29.4 Å². The number of morpholine rings is 1. The highest BCUT2D eigenvalue weighted by Gasteiger charge is 2.29. The highest BCUT2D eigenvalue weighted by molar-refractivity contribution is 5.94. The fourth-order valence-corrected chi connectivity index (χ4v) is 5.95. The number of hydrogen-bond acceptors (Lipinski definition) is 6. The van der Waals surface area contributed by atoms with Gasteiger partial charge in [-0.3, -0.25) is 9.78 Å². The summed E-state index contributed by atoms with van der Waals surface area (Å²) in [5.74, 6) is 0.312. The van der Waals surface area contributed by atoms with Gasteiger partial charge in [0.05, 0.1) is 42.0 Å². The number of rotatable bonds is 4. The van der Waals surface area contributed by atoms with Gasteiger partial charge in [-0.15, -0.1) is 0 Å². The smallest absolute Gasteiger partial charge is 0.255 e. The highest BCUT2D eigenvalue weighted by Crippen LogP contribution is 2.34. The zero-order valence-corrected chi connectivity index (χ0v) is 22.0. The molecule has 6 heterocycles. The number of likely N-dealkylation sites (tertiary alicyclic amines) is 1. The number of hydrogen-bond donors (Lipinski definition) is 1. The number of fused-ring (bicyclic) bond motifs is 2. The van der Waals surface area contributed by atoms with Crippen LogP contribution in [-0.4, -0.2) is 74.3 Å². The predicted octanol–water partition coefficient (Wildman–Crippen LogP) is 4.52. The van der Waals surface area contributed by atoms with Gasteiger partial charge in [0, 0.05) is 66.7 Å².